The van der Waals surface area contributed by atoms with Crippen molar-refractivity contribution in [2.45, 2.75) is 19.9 Å². The van der Waals surface area contributed by atoms with Crippen LogP contribution in [0.4, 0.5) is 0 Å². The minimum absolute atomic E-state index is 0.403. The van der Waals surface area contributed by atoms with Gasteiger partial charge in [-0.3, -0.25) is 15.1 Å². The fourth-order valence-corrected chi connectivity index (χ4v) is 3.58. The number of carbonyl (C=O) groups excluding carboxylic acids is 1. The summed E-state index contributed by atoms with van der Waals surface area (Å²) in [5.74, 6) is -0.602. The van der Waals surface area contributed by atoms with Gasteiger partial charge in [0.1, 0.15) is 0 Å². The Kier molecular flexibility index (Phi) is 4.87. The molecule has 0 saturated carbocycles. The fraction of sp³-hybridized carbons (Fsp3) is 0.364. The first-order valence-electron chi connectivity index (χ1n) is 5.40. The lowest BCUT2D eigenvalue weighted by atomic mass is 10.4. The molecule has 0 aliphatic rings. The van der Waals surface area contributed by atoms with E-state index in [1.165, 1.54) is 0 Å². The summed E-state index contributed by atoms with van der Waals surface area (Å²) < 4.78 is 12.6. The number of carbonyl (C=O) groups is 1. The average Bonchev–Trinajstić information content (AvgIpc) is 2.38. The molecule has 1 rings (SSSR count). The third-order valence-electron chi connectivity index (χ3n) is 2.52. The highest BCUT2D eigenvalue weighted by Gasteiger charge is 2.26. The van der Waals surface area contributed by atoms with Crippen molar-refractivity contribution in [3.63, 3.8) is 0 Å². The van der Waals surface area contributed by atoms with Gasteiger partial charge in [-0.15, -0.1) is 0 Å². The lowest BCUT2D eigenvalue weighted by Gasteiger charge is -2.21. The van der Waals surface area contributed by atoms with Crippen LogP contribution in [-0.4, -0.2) is 23.3 Å². The van der Waals surface area contributed by atoms with Crippen LogP contribution < -0.4 is 15.9 Å². The van der Waals surface area contributed by atoms with E-state index < -0.39 is 19.2 Å². The molecule has 1 aromatic rings. The topological polar surface area (TPSA) is 78.4 Å². The minimum atomic E-state index is -2.80. The number of nitrogens with one attached hydrogen (secondary N) is 2. The van der Waals surface area contributed by atoms with Gasteiger partial charge in [0.15, 0.2) is 7.29 Å². The molecule has 94 valence electrons. The molecule has 0 aliphatic carbocycles. The van der Waals surface area contributed by atoms with Crippen LogP contribution in [0.2, 0.25) is 0 Å². The van der Waals surface area contributed by atoms with Crippen molar-refractivity contribution in [2.75, 3.05) is 6.16 Å². The first kappa shape index (κ1) is 13.9. The van der Waals surface area contributed by atoms with E-state index in [4.69, 9.17) is 5.21 Å². The van der Waals surface area contributed by atoms with Gasteiger partial charge in [-0.05, 0) is 6.92 Å². The molecule has 0 aromatic heterocycles. The van der Waals surface area contributed by atoms with Crippen LogP contribution >= 0.6 is 7.29 Å². The molecule has 0 radical (unpaired) electrons. The summed E-state index contributed by atoms with van der Waals surface area (Å²) in [6.45, 7) is 3.35. The monoisotopic (exact) mass is 256 g/mol. The molecule has 1 amide bonds. The van der Waals surface area contributed by atoms with Crippen LogP contribution in [-0.2, 0) is 9.36 Å². The molecule has 3 N–H and O–H groups in total. The van der Waals surface area contributed by atoms with Gasteiger partial charge in [-0.25, -0.2) is 5.48 Å². The Bertz CT molecular complexity index is 422. The van der Waals surface area contributed by atoms with E-state index in [-0.39, 0.29) is 0 Å². The Labute approximate surface area is 101 Å². The summed E-state index contributed by atoms with van der Waals surface area (Å²) in [7, 11) is -2.80. The van der Waals surface area contributed by atoms with E-state index in [9.17, 15) is 9.36 Å². The van der Waals surface area contributed by atoms with Crippen molar-refractivity contribution in [1.29, 1.82) is 0 Å². The third kappa shape index (κ3) is 3.40. The van der Waals surface area contributed by atoms with Gasteiger partial charge in [0.2, 0.25) is 0 Å². The van der Waals surface area contributed by atoms with Gasteiger partial charge in [0.05, 0.1) is 6.04 Å². The molecule has 0 saturated heterocycles. The highest BCUT2D eigenvalue weighted by atomic mass is 31.2. The molecule has 0 fully saturated rings. The summed E-state index contributed by atoms with van der Waals surface area (Å²) >= 11 is 0. The molecule has 1 aromatic carbocycles. The van der Waals surface area contributed by atoms with Crippen LogP contribution in [0.3, 0.4) is 0 Å². The number of hydrogen-bond acceptors (Lipinski definition) is 3. The zero-order valence-corrected chi connectivity index (χ0v) is 10.8. The lowest BCUT2D eigenvalue weighted by molar-refractivity contribution is -0.130. The molecule has 17 heavy (non-hydrogen) atoms. The second-order valence-electron chi connectivity index (χ2n) is 3.72. The standard InChI is InChI=1S/C11H17N2O3P/c1-3-17(16,10-7-5-4-6-8-10)13-9(2)11(14)12-15/h4-9,15H,3H2,1-2H3,(H,12,14)(H,13,16)/t9-,17+/m1/s1. The van der Waals surface area contributed by atoms with Gasteiger partial charge in [0, 0.05) is 11.5 Å². The molecule has 0 unspecified atom stereocenters. The molecule has 0 aliphatic heterocycles. The van der Waals surface area contributed by atoms with Gasteiger partial charge >= 0.3 is 0 Å². The third-order valence-corrected chi connectivity index (χ3v) is 5.35. The smallest absolute Gasteiger partial charge is 0.260 e. The molecular weight excluding hydrogens is 239 g/mol. The Morgan fingerprint density at radius 1 is 1.41 bits per heavy atom. The molecule has 0 spiro atoms. The largest absolute Gasteiger partial charge is 0.302 e. The number of benzene rings is 1. The van der Waals surface area contributed by atoms with Crippen LogP contribution in [0.1, 0.15) is 13.8 Å². The van der Waals surface area contributed by atoms with E-state index in [0.717, 1.165) is 0 Å². The van der Waals surface area contributed by atoms with Crippen molar-refractivity contribution < 1.29 is 14.6 Å². The van der Waals surface area contributed by atoms with Crippen LogP contribution in [0, 0.1) is 0 Å². The second-order valence-corrected chi connectivity index (χ2v) is 6.60. The Balaban J connectivity index is 2.91. The zero-order valence-electron chi connectivity index (χ0n) is 9.88. The molecule has 2 atom stereocenters. The van der Waals surface area contributed by atoms with E-state index in [2.05, 4.69) is 5.09 Å². The quantitative estimate of drug-likeness (QED) is 0.418. The average molecular weight is 256 g/mol. The van der Waals surface area contributed by atoms with E-state index in [1.54, 1.807) is 43.6 Å². The van der Waals surface area contributed by atoms with Crippen LogP contribution in [0.15, 0.2) is 30.3 Å². The maximum Gasteiger partial charge on any atom is 0.260 e. The van der Waals surface area contributed by atoms with Crippen LogP contribution in [0.5, 0.6) is 0 Å². The number of amides is 1. The summed E-state index contributed by atoms with van der Waals surface area (Å²) in [5.41, 5.74) is 1.54. The maximum absolute atomic E-state index is 12.6. The van der Waals surface area contributed by atoms with Crippen molar-refractivity contribution >= 4 is 18.5 Å². The zero-order chi connectivity index (χ0) is 12.9. The molecular formula is C11H17N2O3P. The predicted octanol–water partition coefficient (Wildman–Crippen LogP) is 1.09. The predicted molar refractivity (Wildman–Crippen MR) is 66.8 cm³/mol. The summed E-state index contributed by atoms with van der Waals surface area (Å²) in [6, 6.07) is 8.26. The van der Waals surface area contributed by atoms with Crippen molar-refractivity contribution in [3.8, 4) is 0 Å². The molecule has 6 heteroatoms. The van der Waals surface area contributed by atoms with Crippen molar-refractivity contribution in [3.05, 3.63) is 30.3 Å². The second kappa shape index (κ2) is 5.96. The number of hydrogen-bond donors (Lipinski definition) is 3. The summed E-state index contributed by atoms with van der Waals surface area (Å²) in [4.78, 5) is 11.2. The van der Waals surface area contributed by atoms with E-state index in [1.807, 2.05) is 6.07 Å². The minimum Gasteiger partial charge on any atom is -0.302 e. The number of rotatable bonds is 5. The van der Waals surface area contributed by atoms with Gasteiger partial charge < -0.3 is 4.57 Å². The molecule has 5 nitrogen and oxygen atoms in total. The highest BCUT2D eigenvalue weighted by molar-refractivity contribution is 7.69. The SMILES string of the molecule is CC[P@@](=O)(N[C@H](C)C(=O)NO)c1ccccc1. The van der Waals surface area contributed by atoms with E-state index >= 15 is 0 Å². The summed E-state index contributed by atoms with van der Waals surface area (Å²) in [6.07, 6.45) is 0.403. The van der Waals surface area contributed by atoms with Crippen LogP contribution in [0.25, 0.3) is 0 Å². The van der Waals surface area contributed by atoms with Gasteiger partial charge in [-0.2, -0.15) is 0 Å². The van der Waals surface area contributed by atoms with Gasteiger partial charge in [0.25, 0.3) is 5.91 Å². The molecule has 0 bridgehead atoms. The first-order valence-corrected chi connectivity index (χ1v) is 7.29. The Morgan fingerprint density at radius 2 is 2.00 bits per heavy atom. The Morgan fingerprint density at radius 3 is 2.47 bits per heavy atom. The Hall–Kier alpha value is -1.16. The van der Waals surface area contributed by atoms with Gasteiger partial charge in [-0.1, -0.05) is 37.3 Å². The van der Waals surface area contributed by atoms with Crippen molar-refractivity contribution in [1.82, 2.24) is 10.6 Å². The fourth-order valence-electron chi connectivity index (χ4n) is 1.49. The lowest BCUT2D eigenvalue weighted by Crippen LogP contribution is -2.41. The van der Waals surface area contributed by atoms with Crippen molar-refractivity contribution in [2.24, 2.45) is 0 Å². The first-order chi connectivity index (χ1) is 8.03. The normalized spacial score (nSPS) is 15.9. The highest BCUT2D eigenvalue weighted by Crippen LogP contribution is 2.39. The molecule has 0 heterocycles. The number of hydroxylamine groups is 1. The maximum atomic E-state index is 12.6. The van der Waals surface area contributed by atoms with E-state index in [0.29, 0.717) is 11.5 Å². The summed E-state index contributed by atoms with van der Waals surface area (Å²) in [5, 5.41) is 12.0.